The van der Waals surface area contributed by atoms with Crippen LogP contribution in [0.4, 0.5) is 45.5 Å². The number of hydrogen-bond acceptors (Lipinski definition) is 30. The summed E-state index contributed by atoms with van der Waals surface area (Å²) in [6, 6.07) is 40.7. The number of ether oxygens (including phenoxy) is 16. The summed E-state index contributed by atoms with van der Waals surface area (Å²) in [5.41, 5.74) is 16.1. The zero-order chi connectivity index (χ0) is 86.5. The number of anilines is 8. The van der Waals surface area contributed by atoms with Crippen LogP contribution in [0.3, 0.4) is 0 Å². The van der Waals surface area contributed by atoms with E-state index in [1.165, 1.54) is 0 Å². The Morgan fingerprint density at radius 3 is 0.824 bits per heavy atom. The smallest absolute Gasteiger partial charge is 0.338 e. The molecule has 13 rings (SSSR count). The molecule has 38 nitrogen and oxygen atoms in total. The van der Waals surface area contributed by atoms with Crippen molar-refractivity contribution in [3.8, 4) is 0 Å². The molecule has 7 aliphatic heterocycles. The Hall–Kier alpha value is -10.8. The van der Waals surface area contributed by atoms with Gasteiger partial charge in [-0.25, -0.2) is 28.8 Å². The zero-order valence-corrected chi connectivity index (χ0v) is 67.1. The Bertz CT molecular complexity index is 4290. The lowest BCUT2D eigenvalue weighted by Crippen LogP contribution is -2.43. The number of benzene rings is 6. The number of carbonyl (C=O) groups is 12. The van der Waals surface area contributed by atoms with Crippen molar-refractivity contribution in [3.05, 3.63) is 166 Å². The molecule has 42 heteroatoms. The van der Waals surface area contributed by atoms with Crippen molar-refractivity contribution in [2.45, 2.75) is 88.7 Å². The Labute approximate surface area is 700 Å². The highest BCUT2D eigenvalue weighted by molar-refractivity contribution is 6.31. The topological polar surface area (TPSA) is 500 Å². The van der Waals surface area contributed by atoms with Crippen molar-refractivity contribution in [2.75, 3.05) is 142 Å². The number of morpholine rings is 2. The summed E-state index contributed by atoms with van der Waals surface area (Å²) in [5.74, 6) is -7.14. The second kappa shape index (κ2) is 49.6. The summed E-state index contributed by atoms with van der Waals surface area (Å²) in [5, 5.41) is 30.3. The fourth-order valence-corrected chi connectivity index (χ4v) is 11.1. The Morgan fingerprint density at radius 1 is 0.345 bits per heavy atom. The number of nitrogens with one attached hydrogen (secondary N) is 4. The summed E-state index contributed by atoms with van der Waals surface area (Å²) >= 11 is 22.9. The van der Waals surface area contributed by atoms with Crippen molar-refractivity contribution < 1.29 is 144 Å². The minimum atomic E-state index is -1.28. The molecule has 119 heavy (non-hydrogen) atoms. The first-order valence-corrected chi connectivity index (χ1v) is 37.7. The highest BCUT2D eigenvalue weighted by Gasteiger charge is 2.46. The molecule has 0 unspecified atom stereocenters. The highest BCUT2D eigenvalue weighted by Crippen LogP contribution is 2.27. The molecule has 0 aromatic heterocycles. The number of esters is 4. The van der Waals surface area contributed by atoms with Crippen LogP contribution in [-0.2, 0) is 133 Å². The SMILES string of the molecule is CCOC(=O)[C@H]1OCO[C@@H]1C(=O)Nc1ccc(Cl)cc1.CCOC(=O)[C@H]1OCO[C@@H]1C(=O)O.CCOC(=O)[C@H]1OCO[C@@H]1C(=O)OCC.Nc1ccc(Cl)cc1.Nc1ccc(N2CCOCC2=O)cc1.O=C(Nc1ccc(Cl)cc1)[C@H]1OCO[C@@H]1C(=O)Nc1ccc(N2CCOCC2=O)cc1.O=C(O)[C@H]1OCO[C@@H]1C(=O)Nc1ccc(Cl)cc1. The molecule has 7 saturated heterocycles. The first-order chi connectivity index (χ1) is 57.1. The third kappa shape index (κ3) is 30.5. The summed E-state index contributed by atoms with van der Waals surface area (Å²) in [6.45, 7) is 9.09. The lowest BCUT2D eigenvalue weighted by Gasteiger charge is -2.27. The number of carbonyl (C=O) groups excluding carboxylic acids is 10. The maximum atomic E-state index is 12.7. The fourth-order valence-electron chi connectivity index (χ4n) is 10.6. The molecular weight excluding hydrogens is 1660 g/mol. The molecular formula is C77H86Cl4N8O30. The summed E-state index contributed by atoms with van der Waals surface area (Å²) < 4.78 is 79.0. The molecule has 6 aromatic rings. The molecule has 0 saturated carbocycles. The molecule has 0 spiro atoms. The largest absolute Gasteiger partial charge is 0.479 e. The van der Waals surface area contributed by atoms with Gasteiger partial charge < -0.3 is 129 Å². The van der Waals surface area contributed by atoms with E-state index in [0.717, 1.165) is 16.4 Å². The van der Waals surface area contributed by atoms with Crippen LogP contribution in [0.1, 0.15) is 27.7 Å². The van der Waals surface area contributed by atoms with E-state index in [0.29, 0.717) is 75.5 Å². The molecule has 10 atom stereocenters. The number of carboxylic acid groups (broad SMARTS) is 2. The van der Waals surface area contributed by atoms with Gasteiger partial charge in [-0.2, -0.15) is 0 Å². The van der Waals surface area contributed by atoms with Gasteiger partial charge >= 0.3 is 35.8 Å². The van der Waals surface area contributed by atoms with E-state index in [2.05, 4.69) is 30.7 Å². The molecule has 10 N–H and O–H groups in total. The second-order valence-electron chi connectivity index (χ2n) is 24.5. The van der Waals surface area contributed by atoms with Crippen molar-refractivity contribution >= 4 is 163 Å². The molecule has 7 fully saturated rings. The van der Waals surface area contributed by atoms with Crippen molar-refractivity contribution in [2.24, 2.45) is 0 Å². The lowest BCUT2D eigenvalue weighted by atomic mass is 10.1. The quantitative estimate of drug-likeness (QED) is 0.0230. The molecule has 6 aromatic carbocycles. The van der Waals surface area contributed by atoms with E-state index in [1.807, 2.05) is 12.1 Å². The van der Waals surface area contributed by atoms with E-state index in [1.54, 1.807) is 171 Å². The molecule has 0 radical (unpaired) electrons. The third-order valence-electron chi connectivity index (χ3n) is 16.3. The number of nitrogens with two attached hydrogens (primary N) is 2. The van der Waals surface area contributed by atoms with Gasteiger partial charge in [0.25, 0.3) is 35.4 Å². The predicted octanol–water partition coefficient (Wildman–Crippen LogP) is 6.49. The van der Waals surface area contributed by atoms with Crippen molar-refractivity contribution in [1.82, 2.24) is 0 Å². The van der Waals surface area contributed by atoms with Gasteiger partial charge in [-0.1, -0.05) is 46.4 Å². The number of rotatable bonds is 20. The van der Waals surface area contributed by atoms with Crippen LogP contribution in [0.2, 0.25) is 20.1 Å². The first kappa shape index (κ1) is 95.4. The number of nitrogens with zero attached hydrogens (tertiary/aromatic N) is 2. The van der Waals surface area contributed by atoms with Gasteiger partial charge in [0.15, 0.2) is 61.0 Å². The molecule has 6 amide bonds. The monoisotopic (exact) mass is 1740 g/mol. The standard InChI is InChI=1S/C21H20ClN3O6.C13H14ClNO5.C11H10ClNO5.C10H12N2O2.C9H14O6.C7H10O6.C6H6ClN/c22-13-1-3-14(4-2-13)23-20(27)18-19(31-12-30-18)21(28)24-15-5-7-16(8-6-15)25-9-10-29-11-17(25)26;1-2-18-13(17)11-10(19-7-20-11)12(16)15-9-5-3-8(14)4-6-9;12-6-1-3-7(4-2-6)13-10(14)8-9(11(15)16)18-5-17-8;11-8-1-3-9(4-2-8)12-5-6-14-7-10(12)13;1-3-12-8(10)6-7(15-5-14-6)9(11)13-4-2;1-2-11-7(10)5-4(6(8)9)12-3-13-5;7-5-1-3-6(8)4-2-5/h1-8,18-19H,9-12H2,(H,23,27)(H,24,28);3-6,10-11H,2,7H2,1H3,(H,15,16);1-4,8-9H,5H2,(H,13,14)(H,15,16);1-4H,5-7,11H2;6-7H,3-5H2,1-2H3;4-5H,2-3H2,1H3,(H,8,9);1-4H,8H2/t18-,19-;10-,11-;8-,9-;;6-,7-;4-,5-;/m000.00./s1. The van der Waals surface area contributed by atoms with E-state index in [9.17, 15) is 57.5 Å². The van der Waals surface area contributed by atoms with Gasteiger partial charge in [0, 0.05) is 78.7 Å². The second-order valence-corrected chi connectivity index (χ2v) is 26.3. The number of aliphatic carboxylic acids is 2. The van der Waals surface area contributed by atoms with Gasteiger partial charge in [0.05, 0.1) is 39.6 Å². The summed E-state index contributed by atoms with van der Waals surface area (Å²) in [7, 11) is 0. The number of hydrogen-bond donors (Lipinski definition) is 8. The van der Waals surface area contributed by atoms with Crippen LogP contribution in [0.25, 0.3) is 0 Å². The van der Waals surface area contributed by atoms with Gasteiger partial charge in [0.2, 0.25) is 0 Å². The van der Waals surface area contributed by atoms with Gasteiger partial charge in [-0.3, -0.25) is 28.8 Å². The molecule has 642 valence electrons. The minimum Gasteiger partial charge on any atom is -0.479 e. The minimum absolute atomic E-state index is 0.000946. The molecule has 7 heterocycles. The van der Waals surface area contributed by atoms with Crippen LogP contribution in [-0.4, -0.2) is 242 Å². The van der Waals surface area contributed by atoms with E-state index in [4.69, 9.17) is 134 Å². The van der Waals surface area contributed by atoms with Gasteiger partial charge in [0.1, 0.15) is 47.2 Å². The molecule has 0 aliphatic carbocycles. The van der Waals surface area contributed by atoms with Crippen LogP contribution in [0, 0.1) is 0 Å². The van der Waals surface area contributed by atoms with E-state index < -0.39 is 120 Å². The van der Waals surface area contributed by atoms with Gasteiger partial charge in [-0.15, -0.1) is 0 Å². The van der Waals surface area contributed by atoms with Gasteiger partial charge in [-0.05, 0) is 173 Å². The van der Waals surface area contributed by atoms with Crippen LogP contribution in [0.5, 0.6) is 0 Å². The maximum Gasteiger partial charge on any atom is 0.338 e. The average molecular weight is 1750 g/mol. The first-order valence-electron chi connectivity index (χ1n) is 36.1. The van der Waals surface area contributed by atoms with E-state index >= 15 is 0 Å². The molecule has 7 aliphatic rings. The summed E-state index contributed by atoms with van der Waals surface area (Å²) in [4.78, 5) is 142. The summed E-state index contributed by atoms with van der Waals surface area (Å²) in [6.07, 6.45) is -11.1. The number of carboxylic acids is 2. The Kier molecular flexibility index (Phi) is 39.7. The Balaban J connectivity index is 0.000000198. The fraction of sp³-hybridized carbons (Fsp3) is 0.377. The van der Waals surface area contributed by atoms with Crippen molar-refractivity contribution in [3.63, 3.8) is 0 Å². The normalized spacial score (nSPS) is 21.3. The lowest BCUT2D eigenvalue weighted by molar-refractivity contribution is -0.163. The zero-order valence-electron chi connectivity index (χ0n) is 64.1. The van der Waals surface area contributed by atoms with E-state index in [-0.39, 0.29) is 85.4 Å². The average Bonchev–Trinajstić information content (AvgIpc) is 1.50. The number of halogens is 4. The van der Waals surface area contributed by atoms with Crippen LogP contribution >= 0.6 is 46.4 Å². The predicted molar refractivity (Wildman–Crippen MR) is 423 cm³/mol. The maximum absolute atomic E-state index is 12.7. The number of nitrogen functional groups attached to an aromatic ring is 2. The highest BCUT2D eigenvalue weighted by atomic mass is 35.5. The van der Waals surface area contributed by atoms with Crippen molar-refractivity contribution in [1.29, 1.82) is 0 Å². The van der Waals surface area contributed by atoms with Crippen LogP contribution < -0.4 is 42.5 Å². The third-order valence-corrected chi connectivity index (χ3v) is 17.3. The number of amides is 6. The Morgan fingerprint density at radius 2 is 0.555 bits per heavy atom. The molecule has 0 bridgehead atoms. The van der Waals surface area contributed by atoms with Crippen LogP contribution in [0.15, 0.2) is 146 Å².